The van der Waals surface area contributed by atoms with Crippen LogP contribution in [-0.2, 0) is 17.8 Å². The van der Waals surface area contributed by atoms with E-state index in [1.54, 1.807) is 22.7 Å². The van der Waals surface area contributed by atoms with E-state index in [1.807, 2.05) is 6.07 Å². The van der Waals surface area contributed by atoms with Gasteiger partial charge in [0.2, 0.25) is 5.91 Å². The number of thiazole rings is 1. The molecule has 1 fully saturated rings. The first-order chi connectivity index (χ1) is 13.7. The molecule has 1 aromatic carbocycles. The molecule has 4 nitrogen and oxygen atoms in total. The maximum absolute atomic E-state index is 13.0. The monoisotopic (exact) mass is 411 g/mol. The standard InChI is InChI=1S/C22H25N3OS2/c1-25-12-11-15-18(13-25)28-22(24-20(26)14-7-3-2-4-8-14)19(15)21-23-16-9-5-6-10-17(16)27-21/h5-6,9-10,14H,2-4,7-8,11-13H2,1H3,(H,24,26). The lowest BCUT2D eigenvalue weighted by Gasteiger charge is -2.22. The number of rotatable bonds is 3. The number of benzene rings is 1. The summed E-state index contributed by atoms with van der Waals surface area (Å²) >= 11 is 3.49. The Morgan fingerprint density at radius 1 is 1.18 bits per heavy atom. The van der Waals surface area contributed by atoms with Crippen LogP contribution in [0, 0.1) is 5.92 Å². The van der Waals surface area contributed by atoms with E-state index in [-0.39, 0.29) is 11.8 Å². The van der Waals surface area contributed by atoms with E-state index in [0.29, 0.717) is 0 Å². The summed E-state index contributed by atoms with van der Waals surface area (Å²) in [5.41, 5.74) is 3.61. The molecule has 0 bridgehead atoms. The first kappa shape index (κ1) is 18.3. The molecule has 6 heteroatoms. The molecule has 1 amide bonds. The predicted octanol–water partition coefficient (Wildman–Crippen LogP) is 5.53. The molecule has 3 aromatic rings. The number of aromatic nitrogens is 1. The molecule has 1 aliphatic carbocycles. The van der Waals surface area contributed by atoms with E-state index in [1.165, 1.54) is 40.0 Å². The number of likely N-dealkylation sites (N-methyl/N-ethyl adjacent to an activating group) is 1. The van der Waals surface area contributed by atoms with E-state index >= 15 is 0 Å². The Hall–Kier alpha value is -1.76. The molecule has 1 aliphatic heterocycles. The smallest absolute Gasteiger partial charge is 0.228 e. The van der Waals surface area contributed by atoms with Crippen molar-refractivity contribution >= 4 is 43.8 Å². The van der Waals surface area contributed by atoms with Crippen molar-refractivity contribution in [3.63, 3.8) is 0 Å². The second-order valence-electron chi connectivity index (χ2n) is 8.01. The first-order valence-corrected chi connectivity index (χ1v) is 11.8. The summed E-state index contributed by atoms with van der Waals surface area (Å²) in [5, 5.41) is 5.38. The summed E-state index contributed by atoms with van der Waals surface area (Å²) in [7, 11) is 2.17. The van der Waals surface area contributed by atoms with Crippen molar-refractivity contribution in [2.24, 2.45) is 5.92 Å². The van der Waals surface area contributed by atoms with Crippen LogP contribution in [0.25, 0.3) is 20.8 Å². The van der Waals surface area contributed by atoms with Crippen LogP contribution in [0.15, 0.2) is 24.3 Å². The average Bonchev–Trinajstić information content (AvgIpc) is 3.28. The van der Waals surface area contributed by atoms with Crippen LogP contribution in [-0.4, -0.2) is 29.4 Å². The van der Waals surface area contributed by atoms with Gasteiger partial charge in [-0.25, -0.2) is 4.98 Å². The zero-order valence-electron chi connectivity index (χ0n) is 16.2. The van der Waals surface area contributed by atoms with Crippen LogP contribution >= 0.6 is 22.7 Å². The molecule has 0 atom stereocenters. The van der Waals surface area contributed by atoms with Crippen molar-refractivity contribution in [3.05, 3.63) is 34.7 Å². The molecule has 5 rings (SSSR count). The number of carbonyl (C=O) groups is 1. The highest BCUT2D eigenvalue weighted by atomic mass is 32.1. The minimum atomic E-state index is 0.166. The molecular weight excluding hydrogens is 386 g/mol. The van der Waals surface area contributed by atoms with Gasteiger partial charge >= 0.3 is 0 Å². The molecule has 0 spiro atoms. The van der Waals surface area contributed by atoms with E-state index in [0.717, 1.165) is 47.9 Å². The van der Waals surface area contributed by atoms with E-state index in [2.05, 4.69) is 35.5 Å². The lowest BCUT2D eigenvalue weighted by atomic mass is 9.88. The number of anilines is 1. The van der Waals surface area contributed by atoms with E-state index in [9.17, 15) is 4.79 Å². The molecule has 2 aromatic heterocycles. The topological polar surface area (TPSA) is 45.2 Å². The van der Waals surface area contributed by atoms with Crippen molar-refractivity contribution in [1.29, 1.82) is 0 Å². The summed E-state index contributed by atoms with van der Waals surface area (Å²) in [6, 6.07) is 8.30. The number of nitrogens with one attached hydrogen (secondary N) is 1. The van der Waals surface area contributed by atoms with Gasteiger partial charge in [-0.1, -0.05) is 31.4 Å². The van der Waals surface area contributed by atoms with Crippen molar-refractivity contribution in [2.75, 3.05) is 18.9 Å². The summed E-state index contributed by atoms with van der Waals surface area (Å²) in [6.07, 6.45) is 6.68. The fourth-order valence-electron chi connectivity index (χ4n) is 4.40. The summed E-state index contributed by atoms with van der Waals surface area (Å²) in [6.45, 7) is 2.01. The Morgan fingerprint density at radius 2 is 2.00 bits per heavy atom. The fraction of sp³-hybridized carbons (Fsp3) is 0.455. The normalized spacial score (nSPS) is 18.3. The van der Waals surface area contributed by atoms with E-state index in [4.69, 9.17) is 4.98 Å². The third-order valence-corrected chi connectivity index (χ3v) is 8.15. The maximum Gasteiger partial charge on any atom is 0.228 e. The van der Waals surface area contributed by atoms with Crippen molar-refractivity contribution in [3.8, 4) is 10.6 Å². The minimum absolute atomic E-state index is 0.166. The summed E-state index contributed by atoms with van der Waals surface area (Å²) in [5.74, 6) is 0.368. The molecule has 0 radical (unpaired) electrons. The van der Waals surface area contributed by atoms with Crippen LogP contribution in [0.4, 0.5) is 5.00 Å². The Labute approximate surface area is 173 Å². The third kappa shape index (κ3) is 3.38. The van der Waals surface area contributed by atoms with Gasteiger partial charge in [0.05, 0.1) is 10.2 Å². The zero-order valence-corrected chi connectivity index (χ0v) is 17.8. The quantitative estimate of drug-likeness (QED) is 0.616. The Bertz CT molecular complexity index is 983. The molecule has 28 heavy (non-hydrogen) atoms. The van der Waals surface area contributed by atoms with Gasteiger partial charge in [-0.2, -0.15) is 0 Å². The average molecular weight is 412 g/mol. The molecule has 2 aliphatic rings. The summed E-state index contributed by atoms with van der Waals surface area (Å²) in [4.78, 5) is 21.6. The summed E-state index contributed by atoms with van der Waals surface area (Å²) < 4.78 is 1.20. The Balaban J connectivity index is 1.55. The largest absolute Gasteiger partial charge is 0.317 e. The lowest BCUT2D eigenvalue weighted by Crippen LogP contribution is -2.25. The van der Waals surface area contributed by atoms with E-state index < -0.39 is 0 Å². The van der Waals surface area contributed by atoms with Crippen LogP contribution in [0.3, 0.4) is 0 Å². The highest BCUT2D eigenvalue weighted by molar-refractivity contribution is 7.22. The predicted molar refractivity (Wildman–Crippen MR) is 118 cm³/mol. The van der Waals surface area contributed by atoms with Gasteiger partial charge in [-0.15, -0.1) is 22.7 Å². The molecule has 1 N–H and O–H groups in total. The number of fused-ring (bicyclic) bond motifs is 2. The highest BCUT2D eigenvalue weighted by Gasteiger charge is 2.28. The Kier molecular flexibility index (Phi) is 4.95. The number of nitrogens with zero attached hydrogens (tertiary/aromatic N) is 2. The van der Waals surface area contributed by atoms with Crippen LogP contribution in [0.5, 0.6) is 0 Å². The Morgan fingerprint density at radius 3 is 2.82 bits per heavy atom. The van der Waals surface area contributed by atoms with Crippen LogP contribution in [0.2, 0.25) is 0 Å². The van der Waals surface area contributed by atoms with Gasteiger partial charge in [-0.05, 0) is 44.0 Å². The number of amides is 1. The number of hydrogen-bond acceptors (Lipinski definition) is 5. The molecule has 3 heterocycles. The number of thiophene rings is 1. The number of carbonyl (C=O) groups excluding carboxylic acids is 1. The molecular formula is C22H25N3OS2. The first-order valence-electron chi connectivity index (χ1n) is 10.2. The number of para-hydroxylation sites is 1. The molecule has 0 saturated heterocycles. The van der Waals surface area contributed by atoms with Crippen LogP contribution in [0.1, 0.15) is 42.5 Å². The SMILES string of the molecule is CN1CCc2c(sc(NC(=O)C3CCCCC3)c2-c2nc3ccccc3s2)C1. The van der Waals surface area contributed by atoms with Crippen LogP contribution < -0.4 is 5.32 Å². The second kappa shape index (κ2) is 7.58. The van der Waals surface area contributed by atoms with Gasteiger partial charge in [-0.3, -0.25) is 4.79 Å². The number of hydrogen-bond donors (Lipinski definition) is 1. The van der Waals surface area contributed by atoms with Gasteiger partial charge in [0.15, 0.2) is 0 Å². The van der Waals surface area contributed by atoms with Gasteiger partial charge < -0.3 is 10.2 Å². The highest BCUT2D eigenvalue weighted by Crippen LogP contribution is 2.45. The zero-order chi connectivity index (χ0) is 19.1. The molecule has 1 saturated carbocycles. The fourth-order valence-corrected chi connectivity index (χ4v) is 6.84. The van der Waals surface area contributed by atoms with Gasteiger partial charge in [0, 0.05) is 29.4 Å². The van der Waals surface area contributed by atoms with Crippen molar-refractivity contribution < 1.29 is 4.79 Å². The van der Waals surface area contributed by atoms with Gasteiger partial charge in [0.1, 0.15) is 10.0 Å². The lowest BCUT2D eigenvalue weighted by molar-refractivity contribution is -0.120. The minimum Gasteiger partial charge on any atom is -0.317 e. The molecule has 0 unspecified atom stereocenters. The van der Waals surface area contributed by atoms with Crippen molar-refractivity contribution in [1.82, 2.24) is 9.88 Å². The maximum atomic E-state index is 13.0. The second-order valence-corrected chi connectivity index (χ2v) is 10.1. The van der Waals surface area contributed by atoms with Gasteiger partial charge in [0.25, 0.3) is 0 Å². The third-order valence-electron chi connectivity index (χ3n) is 5.97. The van der Waals surface area contributed by atoms with Crippen molar-refractivity contribution in [2.45, 2.75) is 45.1 Å². The molecule has 146 valence electrons.